The molecule has 0 spiro atoms. The summed E-state index contributed by atoms with van der Waals surface area (Å²) in [6, 6.07) is 12.4. The Morgan fingerprint density at radius 1 is 1.17 bits per heavy atom. The summed E-state index contributed by atoms with van der Waals surface area (Å²) in [4.78, 5) is 24.1. The molecule has 0 bridgehead atoms. The number of nitrogens with one attached hydrogen (secondary N) is 1. The largest absolute Gasteiger partial charge is 0.510 e. The maximum absolute atomic E-state index is 13.1. The summed E-state index contributed by atoms with van der Waals surface area (Å²) in [6.45, 7) is 2.80. The Morgan fingerprint density at radius 2 is 1.80 bits per heavy atom. The van der Waals surface area contributed by atoms with E-state index < -0.39 is 32.9 Å². The molecule has 0 aliphatic rings. The number of carbonyl (C=O) groups is 1. The number of hydrogen-bond acceptors (Lipinski definition) is 7. The molecule has 2 aromatic carbocycles. The summed E-state index contributed by atoms with van der Waals surface area (Å²) in [5, 5.41) is 16.8. The van der Waals surface area contributed by atoms with E-state index in [4.69, 9.17) is 17.3 Å². The maximum atomic E-state index is 13.1. The number of benzene rings is 2. The van der Waals surface area contributed by atoms with Crippen molar-refractivity contribution in [2.45, 2.75) is 18.7 Å². The molecule has 0 aliphatic carbocycles. The Bertz CT molecular complexity index is 1490. The number of aromatic nitrogens is 2. The number of para-hydroxylation sites is 1. The van der Waals surface area contributed by atoms with Gasteiger partial charge in [0.2, 0.25) is 0 Å². The van der Waals surface area contributed by atoms with E-state index in [0.717, 1.165) is 6.07 Å². The Labute approximate surface area is 212 Å². The van der Waals surface area contributed by atoms with Crippen LogP contribution >= 0.6 is 24.0 Å². The number of hydrogen-bond donors (Lipinski definition) is 3. The first-order valence-corrected chi connectivity index (χ1v) is 11.6. The molecule has 0 unspecified atom stereocenters. The van der Waals surface area contributed by atoms with Gasteiger partial charge in [0, 0.05) is 7.05 Å². The van der Waals surface area contributed by atoms with E-state index >= 15 is 0 Å². The zero-order valence-corrected chi connectivity index (χ0v) is 21.1. The van der Waals surface area contributed by atoms with Crippen LogP contribution in [0.5, 0.6) is 0 Å². The fraction of sp³-hybridized carbons (Fsp3) is 0.143. The van der Waals surface area contributed by atoms with E-state index in [1.54, 1.807) is 44.3 Å². The van der Waals surface area contributed by atoms with Crippen LogP contribution in [-0.4, -0.2) is 28.8 Å². The van der Waals surface area contributed by atoms with Gasteiger partial charge in [-0.25, -0.2) is 13.1 Å². The van der Waals surface area contributed by atoms with Gasteiger partial charge >= 0.3 is 0 Å². The number of amides is 1. The molecule has 4 N–H and O–H groups in total. The quantitative estimate of drug-likeness (QED) is 0.236. The smallest absolute Gasteiger partial charge is 0.296 e. The molecule has 0 saturated heterocycles. The highest BCUT2D eigenvalue weighted by atomic mass is 35.5. The minimum atomic E-state index is -4.24. The third-order valence-corrected chi connectivity index (χ3v) is 6.52. The SMILES string of the molecule is C/C(O)=C(/N=Nc1cc(S(=O)(=O)Nc2c(C)n(C)n(-c3ccccc3)c2=O)ccc1Cl)C(N)=O.Cl. The van der Waals surface area contributed by atoms with Crippen molar-refractivity contribution in [3.05, 3.63) is 81.1 Å². The van der Waals surface area contributed by atoms with Crippen molar-refractivity contribution in [2.24, 2.45) is 23.0 Å². The second-order valence-electron chi connectivity index (χ2n) is 7.15. The van der Waals surface area contributed by atoms with Crippen molar-refractivity contribution < 1.29 is 18.3 Å². The molecule has 3 rings (SSSR count). The minimum absolute atomic E-state index is 0. The average Bonchev–Trinajstić information content (AvgIpc) is 2.98. The number of allylic oxidation sites excluding steroid dienone is 1. The number of rotatable bonds is 7. The predicted molar refractivity (Wildman–Crippen MR) is 134 cm³/mol. The van der Waals surface area contributed by atoms with Gasteiger partial charge in [0.25, 0.3) is 21.5 Å². The highest BCUT2D eigenvalue weighted by Gasteiger charge is 2.23. The van der Waals surface area contributed by atoms with Crippen molar-refractivity contribution in [3.63, 3.8) is 0 Å². The van der Waals surface area contributed by atoms with E-state index in [9.17, 15) is 23.1 Å². The highest BCUT2D eigenvalue weighted by Crippen LogP contribution is 2.30. The van der Waals surface area contributed by atoms with Crippen LogP contribution in [0.3, 0.4) is 0 Å². The molecular weight excluding hydrogens is 519 g/mol. The molecule has 0 atom stereocenters. The zero-order chi connectivity index (χ0) is 25.2. The molecular formula is C21H22Cl2N6O5S. The Hall–Kier alpha value is -3.61. The Morgan fingerprint density at radius 3 is 2.37 bits per heavy atom. The molecule has 0 radical (unpaired) electrons. The number of aliphatic hydroxyl groups excluding tert-OH is 1. The number of primary amides is 1. The number of aliphatic hydroxyl groups is 1. The number of carbonyl (C=O) groups excluding carboxylic acids is 1. The number of azo groups is 1. The predicted octanol–water partition coefficient (Wildman–Crippen LogP) is 3.72. The van der Waals surface area contributed by atoms with Crippen LogP contribution in [-0.2, 0) is 21.9 Å². The summed E-state index contributed by atoms with van der Waals surface area (Å²) >= 11 is 6.07. The molecule has 186 valence electrons. The lowest BCUT2D eigenvalue weighted by molar-refractivity contribution is -0.114. The molecule has 0 saturated carbocycles. The van der Waals surface area contributed by atoms with Gasteiger partial charge in [-0.15, -0.1) is 22.6 Å². The monoisotopic (exact) mass is 540 g/mol. The van der Waals surface area contributed by atoms with E-state index in [1.807, 2.05) is 0 Å². The molecule has 35 heavy (non-hydrogen) atoms. The van der Waals surface area contributed by atoms with E-state index in [2.05, 4.69) is 15.0 Å². The molecule has 1 heterocycles. The Kier molecular flexibility index (Phi) is 8.50. The second-order valence-corrected chi connectivity index (χ2v) is 9.24. The fourth-order valence-corrected chi connectivity index (χ4v) is 4.31. The lowest BCUT2D eigenvalue weighted by Crippen LogP contribution is -2.23. The van der Waals surface area contributed by atoms with Crippen LogP contribution in [0.25, 0.3) is 5.69 Å². The van der Waals surface area contributed by atoms with E-state index in [0.29, 0.717) is 11.4 Å². The van der Waals surface area contributed by atoms with Gasteiger partial charge in [0.1, 0.15) is 17.1 Å². The number of sulfonamides is 1. The molecule has 11 nitrogen and oxygen atoms in total. The van der Waals surface area contributed by atoms with Crippen LogP contribution < -0.4 is 16.0 Å². The molecule has 3 aromatic rings. The standard InChI is InChI=1S/C21H21ClN6O5S.ClH/c1-12-18(21(31)28(27(12)3)14-7-5-4-6-8-14)26-34(32,33)15-9-10-16(22)17(11-15)24-25-19(13(2)29)20(23)30;/h4-11,26,29H,1-3H3,(H2,23,30);1H/b19-13-,25-24?;. The van der Waals surface area contributed by atoms with Gasteiger partial charge in [-0.3, -0.25) is 19.0 Å². The third kappa shape index (κ3) is 5.73. The molecule has 1 amide bonds. The summed E-state index contributed by atoms with van der Waals surface area (Å²) in [5.74, 6) is -1.49. The van der Waals surface area contributed by atoms with Crippen LogP contribution in [0.1, 0.15) is 12.6 Å². The molecule has 0 aliphatic heterocycles. The van der Waals surface area contributed by atoms with Crippen molar-refractivity contribution in [3.8, 4) is 5.69 Å². The summed E-state index contributed by atoms with van der Waals surface area (Å²) in [6.07, 6.45) is 0. The van der Waals surface area contributed by atoms with Crippen molar-refractivity contribution in [1.29, 1.82) is 0 Å². The van der Waals surface area contributed by atoms with Gasteiger partial charge in [0.15, 0.2) is 5.70 Å². The van der Waals surface area contributed by atoms with E-state index in [1.165, 1.54) is 28.4 Å². The van der Waals surface area contributed by atoms with Gasteiger partial charge < -0.3 is 10.8 Å². The van der Waals surface area contributed by atoms with Gasteiger partial charge in [-0.05, 0) is 44.2 Å². The first-order valence-electron chi connectivity index (χ1n) is 9.72. The first kappa shape index (κ1) is 27.6. The second kappa shape index (κ2) is 10.8. The third-order valence-electron chi connectivity index (χ3n) is 4.85. The number of nitrogens with two attached hydrogens (primary N) is 1. The summed E-state index contributed by atoms with van der Waals surface area (Å²) < 4.78 is 31.3. The van der Waals surface area contributed by atoms with Crippen molar-refractivity contribution in [1.82, 2.24) is 9.36 Å². The summed E-state index contributed by atoms with van der Waals surface area (Å²) in [7, 11) is -2.61. The number of halogens is 2. The topological polar surface area (TPSA) is 161 Å². The lowest BCUT2D eigenvalue weighted by Gasteiger charge is -2.08. The fourth-order valence-electron chi connectivity index (χ4n) is 3.02. The zero-order valence-electron chi connectivity index (χ0n) is 18.8. The summed E-state index contributed by atoms with van der Waals surface area (Å²) in [5.41, 5.74) is 4.79. The average molecular weight is 541 g/mol. The van der Waals surface area contributed by atoms with Crippen LogP contribution in [0.4, 0.5) is 11.4 Å². The van der Waals surface area contributed by atoms with Crippen molar-refractivity contribution >= 4 is 51.3 Å². The van der Waals surface area contributed by atoms with Gasteiger partial charge in [0.05, 0.1) is 21.3 Å². The van der Waals surface area contributed by atoms with Crippen LogP contribution in [0.2, 0.25) is 5.02 Å². The highest BCUT2D eigenvalue weighted by molar-refractivity contribution is 7.92. The van der Waals surface area contributed by atoms with Gasteiger partial charge in [-0.2, -0.15) is 0 Å². The molecule has 14 heteroatoms. The van der Waals surface area contributed by atoms with Gasteiger partial charge in [-0.1, -0.05) is 29.8 Å². The van der Waals surface area contributed by atoms with E-state index in [-0.39, 0.29) is 33.7 Å². The maximum Gasteiger partial charge on any atom is 0.296 e. The molecule has 0 fully saturated rings. The van der Waals surface area contributed by atoms with Crippen molar-refractivity contribution in [2.75, 3.05) is 4.72 Å². The molecule has 1 aromatic heterocycles. The normalized spacial score (nSPS) is 12.2. The minimum Gasteiger partial charge on any atom is -0.510 e. The number of anilines is 1. The van der Waals surface area contributed by atoms with Crippen LogP contribution in [0.15, 0.2) is 79.9 Å². The first-order chi connectivity index (χ1) is 15.9. The lowest BCUT2D eigenvalue weighted by atomic mass is 10.3. The van der Waals surface area contributed by atoms with Crippen LogP contribution in [0, 0.1) is 6.92 Å². The Balaban J connectivity index is 0.00000432. The number of nitrogens with zero attached hydrogens (tertiary/aromatic N) is 4.